The largest absolute Gasteiger partial charge is 0.377 e. The number of aliphatic imine (C=N–C) groups is 1. The van der Waals surface area contributed by atoms with E-state index in [0.717, 1.165) is 29.6 Å². The van der Waals surface area contributed by atoms with Crippen LogP contribution in [0.4, 0.5) is 5.69 Å². The van der Waals surface area contributed by atoms with E-state index < -0.39 is 15.6 Å². The van der Waals surface area contributed by atoms with Gasteiger partial charge in [-0.1, -0.05) is 0 Å². The predicted octanol–water partition coefficient (Wildman–Crippen LogP) is 3.25. The van der Waals surface area contributed by atoms with Gasteiger partial charge in [-0.15, -0.1) is 11.6 Å². The van der Waals surface area contributed by atoms with Crippen LogP contribution in [0.2, 0.25) is 0 Å². The number of alkyl halides is 1. The molecule has 1 aromatic heterocycles. The van der Waals surface area contributed by atoms with Crippen LogP contribution in [0.25, 0.3) is 10.9 Å². The lowest BCUT2D eigenvalue weighted by Crippen LogP contribution is -2.40. The number of hydrogen-bond donors (Lipinski definition) is 2. The van der Waals surface area contributed by atoms with Gasteiger partial charge in [0.1, 0.15) is 5.88 Å². The van der Waals surface area contributed by atoms with Crippen molar-refractivity contribution < 1.29 is 17.9 Å². The molecule has 3 heterocycles. The van der Waals surface area contributed by atoms with Gasteiger partial charge in [0.25, 0.3) is 0 Å². The van der Waals surface area contributed by atoms with Gasteiger partial charge in [-0.05, 0) is 59.1 Å². The van der Waals surface area contributed by atoms with Crippen molar-refractivity contribution in [2.24, 2.45) is 4.99 Å². The molecule has 2 aliphatic heterocycles. The fourth-order valence-corrected chi connectivity index (χ4v) is 7.20. The van der Waals surface area contributed by atoms with E-state index in [1.807, 2.05) is 32.4 Å². The molecule has 1 atom stereocenters. The number of thiol groups is 1. The molecule has 220 valence electrons. The van der Waals surface area contributed by atoms with Crippen LogP contribution in [0.1, 0.15) is 53.0 Å². The number of aromatic nitrogens is 2. The van der Waals surface area contributed by atoms with Gasteiger partial charge in [0.15, 0.2) is 0 Å². The Balaban J connectivity index is 1.60. The van der Waals surface area contributed by atoms with Crippen LogP contribution in [-0.4, -0.2) is 96.3 Å². The van der Waals surface area contributed by atoms with Crippen molar-refractivity contribution in [2.75, 3.05) is 50.2 Å². The molecule has 2 saturated heterocycles. The topological polar surface area (TPSA) is 109 Å². The van der Waals surface area contributed by atoms with Gasteiger partial charge in [-0.2, -0.15) is 17.7 Å². The number of sulfonamides is 1. The van der Waals surface area contributed by atoms with E-state index in [4.69, 9.17) is 39.1 Å². The molecule has 2 aromatic rings. The third-order valence-electron chi connectivity index (χ3n) is 7.70. The van der Waals surface area contributed by atoms with Gasteiger partial charge in [0.05, 0.1) is 48.5 Å². The van der Waals surface area contributed by atoms with Gasteiger partial charge in [0.2, 0.25) is 15.9 Å². The molecule has 1 amide bonds. The van der Waals surface area contributed by atoms with Crippen molar-refractivity contribution in [3.63, 3.8) is 0 Å². The van der Waals surface area contributed by atoms with Crippen LogP contribution in [0.5, 0.6) is 0 Å². The number of likely N-dealkylation sites (tertiary alicyclic amines) is 1. The highest BCUT2D eigenvalue weighted by atomic mass is 35.5. The van der Waals surface area contributed by atoms with Crippen LogP contribution < -0.4 is 9.62 Å². The number of benzene rings is 1. The summed E-state index contributed by atoms with van der Waals surface area (Å²) in [5, 5.41) is 5.58. The minimum absolute atomic E-state index is 0.0636. The fraction of sp³-hybridized carbons (Fsp3) is 0.667. The summed E-state index contributed by atoms with van der Waals surface area (Å²) in [7, 11) is -3.80. The van der Waals surface area contributed by atoms with Gasteiger partial charge in [-0.25, -0.2) is 13.1 Å². The second-order valence-corrected chi connectivity index (χ2v) is 15.4. The summed E-state index contributed by atoms with van der Waals surface area (Å²) in [5.41, 5.74) is 2.00. The number of amides is 1. The number of ether oxygens (including phenoxy) is 1. The van der Waals surface area contributed by atoms with Gasteiger partial charge in [-0.3, -0.25) is 14.5 Å². The van der Waals surface area contributed by atoms with Crippen molar-refractivity contribution in [3.05, 3.63) is 18.3 Å². The Bertz CT molecular complexity index is 1410. The smallest absolute Gasteiger partial charge is 0.241 e. The second-order valence-electron chi connectivity index (χ2n) is 12.3. The van der Waals surface area contributed by atoms with E-state index in [-0.39, 0.29) is 33.5 Å². The highest BCUT2D eigenvalue weighted by molar-refractivity contribution is 7.89. The van der Waals surface area contributed by atoms with E-state index in [9.17, 15) is 13.2 Å². The molecule has 40 heavy (non-hydrogen) atoms. The summed E-state index contributed by atoms with van der Waals surface area (Å²) in [5.74, 6) is -0.174. The predicted molar refractivity (Wildman–Crippen MR) is 162 cm³/mol. The van der Waals surface area contributed by atoms with E-state index in [0.29, 0.717) is 51.3 Å². The molecule has 10 nitrogen and oxygen atoms in total. The highest BCUT2D eigenvalue weighted by Gasteiger charge is 2.41. The first-order chi connectivity index (χ1) is 18.8. The first kappa shape index (κ1) is 29.6. The molecular weight excluding hydrogens is 572 g/mol. The number of carbonyl (C=O) groups excluding carboxylic acids is 1. The molecular formula is C27H39ClN6O4S2. The van der Waals surface area contributed by atoms with E-state index in [1.54, 1.807) is 23.2 Å². The zero-order valence-electron chi connectivity index (χ0n) is 23.6. The Labute approximate surface area is 246 Å². The molecule has 1 aliphatic carbocycles. The summed E-state index contributed by atoms with van der Waals surface area (Å²) in [4.78, 5) is 21.1. The average molecular weight is 611 g/mol. The summed E-state index contributed by atoms with van der Waals surface area (Å²) < 4.78 is 37.0. The molecule has 3 aliphatic rings. The SMILES string of the molecule is CC(CN(CC(C)(C)S)c1cc(S(=O)(=O)NC2(C)CC2)cc2c1cnn2C1CCN(C(=O)CCl)C1)=NC1COC1. The minimum atomic E-state index is -3.80. The molecule has 1 unspecified atom stereocenters. The highest BCUT2D eigenvalue weighted by Crippen LogP contribution is 2.38. The molecule has 0 bridgehead atoms. The quantitative estimate of drug-likeness (QED) is 0.230. The molecule has 1 aromatic carbocycles. The van der Waals surface area contributed by atoms with E-state index in [1.165, 1.54) is 0 Å². The molecule has 1 saturated carbocycles. The maximum absolute atomic E-state index is 13.7. The zero-order valence-corrected chi connectivity index (χ0v) is 26.0. The number of fused-ring (bicyclic) bond motifs is 1. The number of nitrogens with one attached hydrogen (secondary N) is 1. The number of nitrogens with zero attached hydrogens (tertiary/aromatic N) is 5. The number of anilines is 1. The number of halogens is 1. The standard InChI is InChI=1S/C27H39ClN6O4S2/c1-18(30-19-15-38-16-19)13-33(17-26(2,3)39)23-9-21(40(36,37)31-27(4)6-7-27)10-24-22(23)12-29-34(24)20-5-8-32(14-20)25(35)11-28/h9-10,12,19-20,31,39H,5-8,11,13-17H2,1-4H3. The van der Waals surface area contributed by atoms with Crippen LogP contribution >= 0.6 is 24.2 Å². The summed E-state index contributed by atoms with van der Waals surface area (Å²) in [6.45, 7) is 11.4. The van der Waals surface area contributed by atoms with Gasteiger partial charge >= 0.3 is 0 Å². The number of rotatable bonds is 11. The van der Waals surface area contributed by atoms with Crippen LogP contribution in [0.15, 0.2) is 28.2 Å². The van der Waals surface area contributed by atoms with Crippen molar-refractivity contribution in [3.8, 4) is 0 Å². The lowest BCUT2D eigenvalue weighted by Gasteiger charge is -2.33. The Morgan fingerprint density at radius 2 is 2.08 bits per heavy atom. The Morgan fingerprint density at radius 1 is 1.35 bits per heavy atom. The van der Waals surface area contributed by atoms with Crippen molar-refractivity contribution in [1.29, 1.82) is 0 Å². The van der Waals surface area contributed by atoms with Crippen LogP contribution in [-0.2, 0) is 19.6 Å². The number of hydrogen-bond acceptors (Lipinski definition) is 8. The normalized spacial score (nSPS) is 21.6. The molecule has 0 radical (unpaired) electrons. The Kier molecular flexibility index (Phi) is 8.21. The summed E-state index contributed by atoms with van der Waals surface area (Å²) >= 11 is 10.6. The van der Waals surface area contributed by atoms with Crippen LogP contribution in [0.3, 0.4) is 0 Å². The Morgan fingerprint density at radius 3 is 2.67 bits per heavy atom. The maximum atomic E-state index is 13.7. The maximum Gasteiger partial charge on any atom is 0.241 e. The minimum Gasteiger partial charge on any atom is -0.377 e. The number of carbonyl (C=O) groups is 1. The van der Waals surface area contributed by atoms with Crippen LogP contribution in [0, 0.1) is 0 Å². The molecule has 1 N–H and O–H groups in total. The monoisotopic (exact) mass is 610 g/mol. The molecule has 13 heteroatoms. The lowest BCUT2D eigenvalue weighted by atomic mass is 10.1. The van der Waals surface area contributed by atoms with Gasteiger partial charge in [0, 0.05) is 46.7 Å². The second kappa shape index (κ2) is 11.1. The van der Waals surface area contributed by atoms with Crippen molar-refractivity contribution in [1.82, 2.24) is 19.4 Å². The lowest BCUT2D eigenvalue weighted by molar-refractivity contribution is -0.127. The fourth-order valence-electron chi connectivity index (χ4n) is 5.35. The summed E-state index contributed by atoms with van der Waals surface area (Å²) in [6, 6.07) is 3.54. The first-order valence-corrected chi connectivity index (χ1v) is 16.2. The van der Waals surface area contributed by atoms with E-state index >= 15 is 0 Å². The average Bonchev–Trinajstić information content (AvgIpc) is 3.22. The third kappa shape index (κ3) is 6.61. The van der Waals surface area contributed by atoms with Crippen molar-refractivity contribution in [2.45, 2.75) is 74.2 Å². The molecule has 0 spiro atoms. The summed E-state index contributed by atoms with van der Waals surface area (Å²) in [6.07, 6.45) is 4.14. The molecule has 5 rings (SSSR count). The third-order valence-corrected chi connectivity index (χ3v) is 9.68. The van der Waals surface area contributed by atoms with E-state index in [2.05, 4.69) is 9.62 Å². The molecule has 3 fully saturated rings. The zero-order chi connectivity index (χ0) is 28.9. The Hall–Kier alpha value is -1.86. The first-order valence-electron chi connectivity index (χ1n) is 13.7. The van der Waals surface area contributed by atoms with Gasteiger partial charge < -0.3 is 14.5 Å². The van der Waals surface area contributed by atoms with Crippen molar-refractivity contribution >= 4 is 62.5 Å².